The number of benzene rings is 1. The van der Waals surface area contributed by atoms with Crippen molar-refractivity contribution >= 4 is 0 Å². The Morgan fingerprint density at radius 3 is 2.57 bits per heavy atom. The lowest BCUT2D eigenvalue weighted by molar-refractivity contribution is -0.137. The fourth-order valence-corrected chi connectivity index (χ4v) is 2.98. The Balaban J connectivity index is 2.32. The molecular weight excluding hydrogens is 309 g/mol. The molecule has 1 aromatic carbocycles. The van der Waals surface area contributed by atoms with E-state index >= 15 is 0 Å². The summed E-state index contributed by atoms with van der Waals surface area (Å²) < 4.78 is 43.9. The first kappa shape index (κ1) is 18.0. The summed E-state index contributed by atoms with van der Waals surface area (Å²) in [4.78, 5) is 2.23. The third-order valence-corrected chi connectivity index (χ3v) is 4.15. The molecule has 0 amide bonds. The molecule has 1 atom stereocenters. The number of hydrogen-bond donors (Lipinski definition) is 2. The van der Waals surface area contributed by atoms with Gasteiger partial charge in [0, 0.05) is 44.4 Å². The highest BCUT2D eigenvalue weighted by Gasteiger charge is 2.32. The van der Waals surface area contributed by atoms with Crippen LogP contribution in [0.2, 0.25) is 0 Å². The van der Waals surface area contributed by atoms with Crippen LogP contribution in [-0.4, -0.2) is 49.9 Å². The van der Waals surface area contributed by atoms with Gasteiger partial charge in [-0.3, -0.25) is 4.90 Å². The highest BCUT2D eigenvalue weighted by Crippen LogP contribution is 2.38. The summed E-state index contributed by atoms with van der Waals surface area (Å²) in [5, 5.41) is 12.4. The maximum atomic E-state index is 12.9. The molecule has 0 saturated carbocycles. The SMILES string of the molecule is COc1cc(C(F)(F)F)ccc1[C@@H](CCCO)N1CCNCC1. The molecule has 0 aromatic heterocycles. The molecule has 7 heteroatoms. The Hall–Kier alpha value is -1.31. The van der Waals surface area contributed by atoms with Crippen molar-refractivity contribution in [2.24, 2.45) is 0 Å². The third-order valence-electron chi connectivity index (χ3n) is 4.15. The number of ether oxygens (including phenoxy) is 1. The van der Waals surface area contributed by atoms with Crippen LogP contribution >= 0.6 is 0 Å². The van der Waals surface area contributed by atoms with Gasteiger partial charge in [0.1, 0.15) is 5.75 Å². The van der Waals surface area contributed by atoms with Crippen LogP contribution < -0.4 is 10.1 Å². The smallest absolute Gasteiger partial charge is 0.416 e. The molecule has 1 saturated heterocycles. The molecule has 1 aromatic rings. The van der Waals surface area contributed by atoms with Crippen LogP contribution in [-0.2, 0) is 6.18 Å². The molecule has 1 aliphatic heterocycles. The fourth-order valence-electron chi connectivity index (χ4n) is 2.98. The Kier molecular flexibility index (Phi) is 6.26. The number of alkyl halides is 3. The average Bonchev–Trinajstić information content (AvgIpc) is 2.55. The van der Waals surface area contributed by atoms with Gasteiger partial charge in [-0.25, -0.2) is 0 Å². The van der Waals surface area contributed by atoms with Gasteiger partial charge in [-0.2, -0.15) is 13.2 Å². The number of aliphatic hydroxyl groups excluding tert-OH is 1. The molecule has 23 heavy (non-hydrogen) atoms. The van der Waals surface area contributed by atoms with Crippen molar-refractivity contribution < 1.29 is 23.0 Å². The Morgan fingerprint density at radius 1 is 1.30 bits per heavy atom. The molecule has 0 radical (unpaired) electrons. The zero-order valence-corrected chi connectivity index (χ0v) is 13.2. The van der Waals surface area contributed by atoms with Gasteiger partial charge in [-0.15, -0.1) is 0 Å². The summed E-state index contributed by atoms with van der Waals surface area (Å²) >= 11 is 0. The van der Waals surface area contributed by atoms with E-state index in [9.17, 15) is 13.2 Å². The van der Waals surface area contributed by atoms with Crippen LogP contribution in [0.3, 0.4) is 0 Å². The van der Waals surface area contributed by atoms with Crippen LogP contribution in [0.4, 0.5) is 13.2 Å². The maximum Gasteiger partial charge on any atom is 0.416 e. The van der Waals surface area contributed by atoms with Crippen molar-refractivity contribution in [2.75, 3.05) is 39.9 Å². The molecule has 1 aliphatic rings. The van der Waals surface area contributed by atoms with Gasteiger partial charge >= 0.3 is 6.18 Å². The first-order valence-electron chi connectivity index (χ1n) is 7.78. The van der Waals surface area contributed by atoms with E-state index in [4.69, 9.17) is 9.84 Å². The monoisotopic (exact) mass is 332 g/mol. The van der Waals surface area contributed by atoms with Crippen molar-refractivity contribution in [2.45, 2.75) is 25.1 Å². The van der Waals surface area contributed by atoms with Gasteiger partial charge in [0.15, 0.2) is 0 Å². The Morgan fingerprint density at radius 2 is 2.00 bits per heavy atom. The second-order valence-corrected chi connectivity index (χ2v) is 5.62. The van der Waals surface area contributed by atoms with Crippen molar-refractivity contribution in [3.63, 3.8) is 0 Å². The van der Waals surface area contributed by atoms with Crippen LogP contribution in [0.25, 0.3) is 0 Å². The van der Waals surface area contributed by atoms with E-state index in [2.05, 4.69) is 10.2 Å². The first-order chi connectivity index (χ1) is 11.0. The summed E-state index contributed by atoms with van der Waals surface area (Å²) in [6, 6.07) is 3.61. The average molecular weight is 332 g/mol. The minimum Gasteiger partial charge on any atom is -0.496 e. The van der Waals surface area contributed by atoms with Crippen LogP contribution in [0.5, 0.6) is 5.75 Å². The molecule has 0 spiro atoms. The van der Waals surface area contributed by atoms with Gasteiger partial charge in [-0.05, 0) is 25.0 Å². The van der Waals surface area contributed by atoms with Crippen LogP contribution in [0.15, 0.2) is 18.2 Å². The summed E-state index contributed by atoms with van der Waals surface area (Å²) in [5.41, 5.74) is 0.0372. The molecule has 0 unspecified atom stereocenters. The Labute approximate surface area is 134 Å². The quantitative estimate of drug-likeness (QED) is 0.840. The first-order valence-corrected chi connectivity index (χ1v) is 7.78. The number of nitrogens with zero attached hydrogens (tertiary/aromatic N) is 1. The molecule has 0 aliphatic carbocycles. The van der Waals surface area contributed by atoms with Crippen molar-refractivity contribution in [3.8, 4) is 5.75 Å². The van der Waals surface area contributed by atoms with E-state index in [0.29, 0.717) is 12.8 Å². The van der Waals surface area contributed by atoms with E-state index < -0.39 is 11.7 Å². The number of aliphatic hydroxyl groups is 1. The van der Waals surface area contributed by atoms with Gasteiger partial charge in [0.2, 0.25) is 0 Å². The van der Waals surface area contributed by atoms with E-state index in [1.807, 2.05) is 0 Å². The topological polar surface area (TPSA) is 44.7 Å². The second kappa shape index (κ2) is 7.99. The fraction of sp³-hybridized carbons (Fsp3) is 0.625. The Bertz CT molecular complexity index is 503. The highest BCUT2D eigenvalue weighted by molar-refractivity contribution is 5.41. The number of halogens is 3. The number of hydrogen-bond acceptors (Lipinski definition) is 4. The molecule has 4 nitrogen and oxygen atoms in total. The van der Waals surface area contributed by atoms with E-state index in [1.165, 1.54) is 13.2 Å². The van der Waals surface area contributed by atoms with Gasteiger partial charge in [-0.1, -0.05) is 6.07 Å². The summed E-state index contributed by atoms with van der Waals surface area (Å²) in [7, 11) is 1.39. The molecule has 2 rings (SSSR count). The number of piperazine rings is 1. The highest BCUT2D eigenvalue weighted by atomic mass is 19.4. The summed E-state index contributed by atoms with van der Waals surface area (Å²) in [6.07, 6.45) is -3.11. The zero-order valence-electron chi connectivity index (χ0n) is 13.2. The predicted molar refractivity (Wildman–Crippen MR) is 81.5 cm³/mol. The number of methoxy groups -OCH3 is 1. The molecule has 1 fully saturated rings. The maximum absolute atomic E-state index is 12.9. The van der Waals surface area contributed by atoms with Crippen LogP contribution in [0, 0.1) is 0 Å². The zero-order chi connectivity index (χ0) is 16.9. The standard InChI is InChI=1S/C16H23F3N2O2/c1-23-15-11-12(16(17,18)19)4-5-13(15)14(3-2-10-22)21-8-6-20-7-9-21/h4-5,11,14,20,22H,2-3,6-10H2,1H3/t14-/m1/s1. The second-order valence-electron chi connectivity index (χ2n) is 5.62. The van der Waals surface area contributed by atoms with E-state index in [0.717, 1.165) is 43.9 Å². The molecule has 1 heterocycles. The molecule has 2 N–H and O–H groups in total. The molecular formula is C16H23F3N2O2. The van der Waals surface area contributed by atoms with Crippen molar-refractivity contribution in [3.05, 3.63) is 29.3 Å². The van der Waals surface area contributed by atoms with Gasteiger partial charge < -0.3 is 15.2 Å². The molecule has 0 bridgehead atoms. The minimum atomic E-state index is -4.39. The lowest BCUT2D eigenvalue weighted by atomic mass is 9.97. The van der Waals surface area contributed by atoms with Crippen LogP contribution in [0.1, 0.15) is 30.0 Å². The largest absolute Gasteiger partial charge is 0.496 e. The van der Waals surface area contributed by atoms with Crippen molar-refractivity contribution in [1.82, 2.24) is 10.2 Å². The van der Waals surface area contributed by atoms with Gasteiger partial charge in [0.25, 0.3) is 0 Å². The molecule has 130 valence electrons. The van der Waals surface area contributed by atoms with Gasteiger partial charge in [0.05, 0.1) is 12.7 Å². The lowest BCUT2D eigenvalue weighted by Crippen LogP contribution is -2.45. The van der Waals surface area contributed by atoms with E-state index in [-0.39, 0.29) is 18.4 Å². The third kappa shape index (κ3) is 4.59. The number of nitrogens with one attached hydrogen (secondary N) is 1. The summed E-state index contributed by atoms with van der Waals surface area (Å²) in [5.74, 6) is 0.251. The number of rotatable bonds is 6. The predicted octanol–water partition coefficient (Wildman–Crippen LogP) is 2.43. The normalized spacial score (nSPS) is 18.0. The summed E-state index contributed by atoms with van der Waals surface area (Å²) in [6.45, 7) is 3.39. The van der Waals surface area contributed by atoms with Crippen molar-refractivity contribution in [1.29, 1.82) is 0 Å². The lowest BCUT2D eigenvalue weighted by Gasteiger charge is -2.36. The minimum absolute atomic E-state index is 0.0542. The van der Waals surface area contributed by atoms with E-state index in [1.54, 1.807) is 0 Å².